The monoisotopic (exact) mass is 282 g/mol. The van der Waals surface area contributed by atoms with E-state index in [0.29, 0.717) is 12.5 Å². The van der Waals surface area contributed by atoms with Crippen molar-refractivity contribution in [2.75, 3.05) is 66.5 Å². The highest BCUT2D eigenvalue weighted by atomic mass is 16.2. The van der Waals surface area contributed by atoms with Crippen molar-refractivity contribution in [2.45, 2.75) is 19.3 Å². The molecule has 0 atom stereocenters. The first kappa shape index (κ1) is 15.7. The molecule has 0 aromatic carbocycles. The minimum atomic E-state index is 0.319. The van der Waals surface area contributed by atoms with Crippen LogP contribution in [0.3, 0.4) is 0 Å². The Balaban J connectivity index is 1.70. The van der Waals surface area contributed by atoms with E-state index in [1.54, 1.807) is 0 Å². The number of nitrogens with zero attached hydrogens (tertiary/aromatic N) is 3. The molecule has 1 N–H and O–H groups in total. The second-order valence-corrected chi connectivity index (χ2v) is 6.47. The summed E-state index contributed by atoms with van der Waals surface area (Å²) >= 11 is 0. The quantitative estimate of drug-likeness (QED) is 0.793. The first-order chi connectivity index (χ1) is 9.65. The van der Waals surface area contributed by atoms with Crippen LogP contribution in [-0.2, 0) is 4.79 Å². The average molecular weight is 282 g/mol. The molecule has 0 unspecified atom stereocenters. The summed E-state index contributed by atoms with van der Waals surface area (Å²) in [6.07, 6.45) is 3.54. The molecule has 5 heteroatoms. The van der Waals surface area contributed by atoms with Crippen molar-refractivity contribution < 1.29 is 4.79 Å². The number of piperidine rings is 1. The van der Waals surface area contributed by atoms with E-state index >= 15 is 0 Å². The lowest BCUT2D eigenvalue weighted by molar-refractivity contribution is -0.132. The van der Waals surface area contributed by atoms with Crippen LogP contribution in [0.4, 0.5) is 0 Å². The molecule has 2 saturated heterocycles. The second kappa shape index (κ2) is 7.96. The van der Waals surface area contributed by atoms with Crippen molar-refractivity contribution in [3.8, 4) is 0 Å². The molecule has 116 valence electrons. The Kier molecular flexibility index (Phi) is 6.26. The Morgan fingerprint density at radius 3 is 2.60 bits per heavy atom. The van der Waals surface area contributed by atoms with Crippen LogP contribution in [0.1, 0.15) is 19.3 Å². The van der Waals surface area contributed by atoms with Crippen molar-refractivity contribution in [1.82, 2.24) is 20.0 Å². The molecular weight excluding hydrogens is 252 g/mol. The highest BCUT2D eigenvalue weighted by Crippen LogP contribution is 2.17. The van der Waals surface area contributed by atoms with Crippen molar-refractivity contribution in [3.63, 3.8) is 0 Å². The van der Waals surface area contributed by atoms with Gasteiger partial charge in [-0.2, -0.15) is 0 Å². The number of rotatable bonds is 4. The lowest BCUT2D eigenvalue weighted by atomic mass is 9.96. The first-order valence-corrected chi connectivity index (χ1v) is 8.00. The van der Waals surface area contributed by atoms with E-state index in [2.05, 4.69) is 29.2 Å². The maximum Gasteiger partial charge on any atom is 0.236 e. The summed E-state index contributed by atoms with van der Waals surface area (Å²) in [6, 6.07) is 0. The van der Waals surface area contributed by atoms with Gasteiger partial charge in [-0.05, 0) is 58.9 Å². The molecule has 20 heavy (non-hydrogen) atoms. The van der Waals surface area contributed by atoms with Gasteiger partial charge in [-0.3, -0.25) is 9.69 Å². The summed E-state index contributed by atoms with van der Waals surface area (Å²) < 4.78 is 0. The summed E-state index contributed by atoms with van der Waals surface area (Å²) in [7, 11) is 4.28. The molecule has 2 fully saturated rings. The summed E-state index contributed by atoms with van der Waals surface area (Å²) in [4.78, 5) is 19.0. The van der Waals surface area contributed by atoms with Crippen LogP contribution >= 0.6 is 0 Å². The summed E-state index contributed by atoms with van der Waals surface area (Å²) in [6.45, 7) is 7.73. The zero-order valence-corrected chi connectivity index (χ0v) is 13.1. The van der Waals surface area contributed by atoms with Crippen LogP contribution in [0, 0.1) is 5.92 Å². The molecule has 2 rings (SSSR count). The van der Waals surface area contributed by atoms with E-state index in [9.17, 15) is 4.79 Å². The Morgan fingerprint density at radius 1 is 1.15 bits per heavy atom. The molecule has 0 saturated carbocycles. The zero-order valence-electron chi connectivity index (χ0n) is 13.1. The summed E-state index contributed by atoms with van der Waals surface area (Å²) in [5.41, 5.74) is 0. The van der Waals surface area contributed by atoms with E-state index in [1.807, 2.05) is 4.90 Å². The van der Waals surface area contributed by atoms with Crippen LogP contribution in [-0.4, -0.2) is 87.1 Å². The molecule has 0 radical (unpaired) electrons. The van der Waals surface area contributed by atoms with Gasteiger partial charge in [0.05, 0.1) is 6.54 Å². The van der Waals surface area contributed by atoms with Gasteiger partial charge in [0, 0.05) is 26.2 Å². The second-order valence-electron chi connectivity index (χ2n) is 6.47. The fourth-order valence-electron chi connectivity index (χ4n) is 3.23. The zero-order chi connectivity index (χ0) is 14.4. The van der Waals surface area contributed by atoms with Gasteiger partial charge in [-0.15, -0.1) is 0 Å². The number of amides is 1. The molecule has 2 heterocycles. The first-order valence-electron chi connectivity index (χ1n) is 8.00. The number of nitrogens with one attached hydrogen (secondary N) is 1. The summed E-state index contributed by atoms with van der Waals surface area (Å²) in [5.74, 6) is 1.12. The predicted molar refractivity (Wildman–Crippen MR) is 81.8 cm³/mol. The molecule has 0 aromatic heterocycles. The smallest absolute Gasteiger partial charge is 0.236 e. The van der Waals surface area contributed by atoms with Crippen LogP contribution in [0.5, 0.6) is 0 Å². The number of hydrogen-bond donors (Lipinski definition) is 1. The van der Waals surface area contributed by atoms with Crippen LogP contribution in [0.25, 0.3) is 0 Å². The Bertz CT molecular complexity index is 292. The largest absolute Gasteiger partial charge is 0.340 e. The lowest BCUT2D eigenvalue weighted by Gasteiger charge is -2.34. The number of likely N-dealkylation sites (tertiary alicyclic amines) is 1. The molecule has 0 aliphatic carbocycles. The average Bonchev–Trinajstić information content (AvgIpc) is 2.69. The van der Waals surface area contributed by atoms with Gasteiger partial charge in [-0.1, -0.05) is 0 Å². The summed E-state index contributed by atoms with van der Waals surface area (Å²) in [5, 5.41) is 3.35. The third-order valence-electron chi connectivity index (χ3n) is 4.38. The van der Waals surface area contributed by atoms with E-state index in [0.717, 1.165) is 51.6 Å². The van der Waals surface area contributed by atoms with Gasteiger partial charge in [0.1, 0.15) is 0 Å². The highest BCUT2D eigenvalue weighted by molar-refractivity contribution is 5.78. The molecule has 2 aliphatic heterocycles. The SMILES string of the molecule is CN(C)CC1CCN(CC(=O)N2CCCNCC2)CC1. The fourth-order valence-corrected chi connectivity index (χ4v) is 3.23. The molecule has 1 amide bonds. The number of hydrogen-bond acceptors (Lipinski definition) is 4. The minimum absolute atomic E-state index is 0.319. The Labute approximate surface area is 123 Å². The predicted octanol–water partition coefficient (Wildman–Crippen LogP) is 0.0819. The van der Waals surface area contributed by atoms with Crippen molar-refractivity contribution in [1.29, 1.82) is 0 Å². The molecule has 0 spiro atoms. The van der Waals surface area contributed by atoms with Crippen LogP contribution in [0.15, 0.2) is 0 Å². The van der Waals surface area contributed by atoms with E-state index < -0.39 is 0 Å². The van der Waals surface area contributed by atoms with E-state index in [-0.39, 0.29) is 0 Å². The molecule has 5 nitrogen and oxygen atoms in total. The van der Waals surface area contributed by atoms with Crippen LogP contribution in [0.2, 0.25) is 0 Å². The third kappa shape index (κ3) is 5.04. The van der Waals surface area contributed by atoms with E-state index in [4.69, 9.17) is 0 Å². The fraction of sp³-hybridized carbons (Fsp3) is 0.933. The highest BCUT2D eigenvalue weighted by Gasteiger charge is 2.23. The van der Waals surface area contributed by atoms with Crippen molar-refractivity contribution in [3.05, 3.63) is 0 Å². The Hall–Kier alpha value is -0.650. The van der Waals surface area contributed by atoms with Gasteiger partial charge < -0.3 is 15.1 Å². The standard InChI is InChI=1S/C15H30N4O/c1-17(2)12-14-4-9-18(10-5-14)13-15(20)19-8-3-6-16-7-11-19/h14,16H,3-13H2,1-2H3. The van der Waals surface area contributed by atoms with Gasteiger partial charge in [0.25, 0.3) is 0 Å². The lowest BCUT2D eigenvalue weighted by Crippen LogP contribution is -2.45. The maximum absolute atomic E-state index is 12.3. The maximum atomic E-state index is 12.3. The number of carbonyl (C=O) groups is 1. The van der Waals surface area contributed by atoms with Crippen LogP contribution < -0.4 is 5.32 Å². The topological polar surface area (TPSA) is 38.8 Å². The molecular formula is C15H30N4O. The normalized spacial score (nSPS) is 23.1. The van der Waals surface area contributed by atoms with Gasteiger partial charge in [-0.25, -0.2) is 0 Å². The van der Waals surface area contributed by atoms with Gasteiger partial charge >= 0.3 is 0 Å². The van der Waals surface area contributed by atoms with Gasteiger partial charge in [0.15, 0.2) is 0 Å². The molecule has 0 aromatic rings. The van der Waals surface area contributed by atoms with Crippen molar-refractivity contribution >= 4 is 5.91 Å². The van der Waals surface area contributed by atoms with E-state index in [1.165, 1.54) is 19.4 Å². The molecule has 0 bridgehead atoms. The third-order valence-corrected chi connectivity index (χ3v) is 4.38. The minimum Gasteiger partial charge on any atom is -0.340 e. The Morgan fingerprint density at radius 2 is 1.90 bits per heavy atom. The van der Waals surface area contributed by atoms with Crippen molar-refractivity contribution in [2.24, 2.45) is 5.92 Å². The molecule has 2 aliphatic rings. The van der Waals surface area contributed by atoms with Gasteiger partial charge in [0.2, 0.25) is 5.91 Å². The number of carbonyl (C=O) groups excluding carboxylic acids is 1.